The molecule has 1 aliphatic rings. The van der Waals surface area contributed by atoms with E-state index in [9.17, 15) is 19.2 Å². The summed E-state index contributed by atoms with van der Waals surface area (Å²) in [4.78, 5) is 52.9. The van der Waals surface area contributed by atoms with Crippen molar-refractivity contribution >= 4 is 41.1 Å². The molecule has 0 aliphatic carbocycles. The number of alkyl carbamates (subject to hydrolysis) is 1. The van der Waals surface area contributed by atoms with E-state index in [1.54, 1.807) is 116 Å². The number of methoxy groups -OCH3 is 1. The van der Waals surface area contributed by atoms with E-state index in [1.165, 1.54) is 11.0 Å². The number of hydrogen-bond acceptors (Lipinski definition) is 8. The fourth-order valence-corrected chi connectivity index (χ4v) is 5.60. The second-order valence-electron chi connectivity index (χ2n) is 11.3. The van der Waals surface area contributed by atoms with Gasteiger partial charge in [-0.3, -0.25) is 30.0 Å². The van der Waals surface area contributed by atoms with Gasteiger partial charge in [0.15, 0.2) is 5.78 Å². The average molecular weight is 688 g/mol. The number of rotatable bonds is 11. The van der Waals surface area contributed by atoms with Gasteiger partial charge in [-0.15, -0.1) is 0 Å². The number of imide groups is 1. The highest BCUT2D eigenvalue weighted by molar-refractivity contribution is 6.31. The summed E-state index contributed by atoms with van der Waals surface area (Å²) in [5.41, 5.74) is 3.58. The van der Waals surface area contributed by atoms with Crippen LogP contribution in [0.1, 0.15) is 58.9 Å². The van der Waals surface area contributed by atoms with Gasteiger partial charge in [-0.25, -0.2) is 4.79 Å². The van der Waals surface area contributed by atoms with E-state index in [0.29, 0.717) is 38.6 Å². The second kappa shape index (κ2) is 14.9. The molecule has 0 unspecified atom stereocenters. The normalized spacial score (nSPS) is 11.9. The molecule has 5 aromatic carbocycles. The Morgan fingerprint density at radius 3 is 2.08 bits per heavy atom. The molecular formula is C39H30ClN3O7. The number of amidine groups is 1. The van der Waals surface area contributed by atoms with E-state index in [1.807, 2.05) is 0 Å². The molecule has 5 aromatic rings. The lowest BCUT2D eigenvalue weighted by molar-refractivity contribution is 0.0641. The Morgan fingerprint density at radius 2 is 1.42 bits per heavy atom. The van der Waals surface area contributed by atoms with Crippen molar-refractivity contribution in [2.45, 2.75) is 19.8 Å². The van der Waals surface area contributed by atoms with Crippen LogP contribution in [0.25, 0.3) is 0 Å². The van der Waals surface area contributed by atoms with Crippen molar-refractivity contribution in [3.63, 3.8) is 0 Å². The van der Waals surface area contributed by atoms with Crippen LogP contribution in [0.5, 0.6) is 11.5 Å². The number of ether oxygens (including phenoxy) is 3. The fourth-order valence-electron chi connectivity index (χ4n) is 5.34. The van der Waals surface area contributed by atoms with E-state index >= 15 is 0 Å². The summed E-state index contributed by atoms with van der Waals surface area (Å²) in [6, 6.07) is 32.1. The monoisotopic (exact) mass is 687 g/mol. The van der Waals surface area contributed by atoms with Gasteiger partial charge >= 0.3 is 6.09 Å². The van der Waals surface area contributed by atoms with Crippen molar-refractivity contribution < 1.29 is 33.4 Å². The van der Waals surface area contributed by atoms with Crippen LogP contribution < -0.4 is 14.8 Å². The minimum atomic E-state index is -0.830. The van der Waals surface area contributed by atoms with E-state index in [0.717, 1.165) is 5.56 Å². The molecule has 6 rings (SSSR count). The average Bonchev–Trinajstić information content (AvgIpc) is 3.38. The van der Waals surface area contributed by atoms with Gasteiger partial charge in [0.1, 0.15) is 30.5 Å². The van der Waals surface area contributed by atoms with Gasteiger partial charge in [-0.2, -0.15) is 0 Å². The van der Waals surface area contributed by atoms with Crippen LogP contribution in [0.4, 0.5) is 4.79 Å². The quantitative estimate of drug-likeness (QED) is 0.0649. The third kappa shape index (κ3) is 7.40. The lowest BCUT2D eigenvalue weighted by atomic mass is 10.00. The third-order valence-electron chi connectivity index (χ3n) is 8.02. The zero-order valence-corrected chi connectivity index (χ0v) is 27.5. The Bertz CT molecular complexity index is 2080. The highest BCUT2D eigenvalue weighted by atomic mass is 35.5. The van der Waals surface area contributed by atoms with Crippen molar-refractivity contribution in [1.82, 2.24) is 10.2 Å². The third-order valence-corrected chi connectivity index (χ3v) is 8.38. The molecular weight excluding hydrogens is 658 g/mol. The van der Waals surface area contributed by atoms with Crippen molar-refractivity contribution in [3.8, 4) is 11.5 Å². The largest absolute Gasteiger partial charge is 0.497 e. The molecule has 250 valence electrons. The number of carbonyl (C=O) groups is 4. The number of hydrogen-bond donors (Lipinski definition) is 2. The number of benzene rings is 5. The maximum absolute atomic E-state index is 13.6. The molecule has 0 saturated carbocycles. The number of nitrogens with zero attached hydrogens (tertiary/aromatic N) is 1. The molecule has 3 amide bonds. The number of amides is 3. The second-order valence-corrected chi connectivity index (χ2v) is 11.7. The van der Waals surface area contributed by atoms with Crippen molar-refractivity contribution in [2.75, 3.05) is 7.11 Å². The minimum Gasteiger partial charge on any atom is -0.497 e. The predicted octanol–water partition coefficient (Wildman–Crippen LogP) is 7.21. The van der Waals surface area contributed by atoms with Gasteiger partial charge in [0, 0.05) is 21.7 Å². The molecule has 0 fully saturated rings. The molecule has 0 saturated heterocycles. The highest BCUT2D eigenvalue weighted by Crippen LogP contribution is 2.29. The van der Waals surface area contributed by atoms with Crippen LogP contribution in [-0.2, 0) is 24.5 Å². The molecule has 0 atom stereocenters. The summed E-state index contributed by atoms with van der Waals surface area (Å²) in [5, 5.41) is 11.2. The first-order chi connectivity index (χ1) is 24.2. The summed E-state index contributed by atoms with van der Waals surface area (Å²) >= 11 is 6.61. The first kappa shape index (κ1) is 33.6. The first-order valence-electron chi connectivity index (χ1n) is 15.5. The Hall–Kier alpha value is -6.26. The summed E-state index contributed by atoms with van der Waals surface area (Å²) < 4.78 is 16.5. The summed E-state index contributed by atoms with van der Waals surface area (Å²) in [7, 11) is 1.56. The summed E-state index contributed by atoms with van der Waals surface area (Å²) in [6.07, 6.45) is -0.830. The highest BCUT2D eigenvalue weighted by Gasteiger charge is 2.35. The molecule has 11 heteroatoms. The van der Waals surface area contributed by atoms with Crippen LogP contribution in [0.3, 0.4) is 0 Å². The standard InChI is InChI=1S/C39H30ClN3O7/c1-48-29-16-12-24(13-17-29)22-50-39(47)42-36(41)27-15-18-34(32(20-27)35(44)26-7-3-2-4-8-26)49-23-28-14-11-25(19-33(28)40)21-43-37(45)30-9-5-6-10-31(30)38(43)46/h2-20H,21-23H2,1H3,(H2,41,42,47). The van der Waals surface area contributed by atoms with Gasteiger partial charge in [0.05, 0.1) is 30.3 Å². The Balaban J connectivity index is 1.15. The molecule has 0 spiro atoms. The molecule has 2 N–H and O–H groups in total. The number of fused-ring (bicyclic) bond motifs is 1. The molecule has 0 aromatic heterocycles. The molecule has 1 heterocycles. The number of nitrogens with one attached hydrogen (secondary N) is 2. The van der Waals surface area contributed by atoms with Crippen molar-refractivity contribution in [2.24, 2.45) is 0 Å². The fraction of sp³-hybridized carbons (Fsp3) is 0.103. The topological polar surface area (TPSA) is 135 Å². The molecule has 50 heavy (non-hydrogen) atoms. The number of halogens is 1. The van der Waals surface area contributed by atoms with Gasteiger partial charge < -0.3 is 14.2 Å². The predicted molar refractivity (Wildman–Crippen MR) is 186 cm³/mol. The lowest BCUT2D eigenvalue weighted by Gasteiger charge is -2.16. The van der Waals surface area contributed by atoms with E-state index in [4.69, 9.17) is 31.2 Å². The molecule has 1 aliphatic heterocycles. The molecule has 10 nitrogen and oxygen atoms in total. The van der Waals surface area contributed by atoms with Crippen molar-refractivity contribution in [3.05, 3.63) is 165 Å². The van der Waals surface area contributed by atoms with Crippen molar-refractivity contribution in [1.29, 1.82) is 5.41 Å². The Kier molecular flexibility index (Phi) is 10.0. The van der Waals surface area contributed by atoms with Gasteiger partial charge in [-0.1, -0.05) is 78.3 Å². The van der Waals surface area contributed by atoms with Crippen LogP contribution in [0.15, 0.2) is 115 Å². The van der Waals surface area contributed by atoms with Gasteiger partial charge in [0.2, 0.25) is 0 Å². The Labute approximate surface area is 292 Å². The summed E-state index contributed by atoms with van der Waals surface area (Å²) in [6.45, 7) is 0.0350. The van der Waals surface area contributed by atoms with Crippen LogP contribution in [0, 0.1) is 5.41 Å². The van der Waals surface area contributed by atoms with Crippen LogP contribution in [-0.4, -0.2) is 41.5 Å². The van der Waals surface area contributed by atoms with Gasteiger partial charge in [-0.05, 0) is 59.7 Å². The first-order valence-corrected chi connectivity index (χ1v) is 15.8. The van der Waals surface area contributed by atoms with Gasteiger partial charge in [0.25, 0.3) is 11.8 Å². The maximum atomic E-state index is 13.6. The van der Waals surface area contributed by atoms with E-state index < -0.39 is 6.09 Å². The lowest BCUT2D eigenvalue weighted by Crippen LogP contribution is -2.31. The molecule has 0 bridgehead atoms. The van der Waals surface area contributed by atoms with E-state index in [-0.39, 0.29) is 60.1 Å². The van der Waals surface area contributed by atoms with E-state index in [2.05, 4.69) is 5.32 Å². The minimum absolute atomic E-state index is 0.00602. The van der Waals surface area contributed by atoms with Crippen LogP contribution >= 0.6 is 11.6 Å². The smallest absolute Gasteiger partial charge is 0.413 e. The Morgan fingerprint density at radius 1 is 0.760 bits per heavy atom. The van der Waals surface area contributed by atoms with Crippen LogP contribution in [0.2, 0.25) is 5.02 Å². The molecule has 0 radical (unpaired) electrons. The maximum Gasteiger partial charge on any atom is 0.413 e. The number of ketones is 1. The zero-order chi connectivity index (χ0) is 35.2. The SMILES string of the molecule is COc1ccc(COC(=O)NC(=N)c2ccc(OCc3ccc(CN4C(=O)c5ccccc5C4=O)cc3Cl)c(C(=O)c3ccccc3)c2)cc1. The number of carbonyl (C=O) groups excluding carboxylic acids is 4. The zero-order valence-electron chi connectivity index (χ0n) is 26.8. The summed E-state index contributed by atoms with van der Waals surface area (Å²) in [5.74, 6) is -0.422.